The normalized spacial score (nSPS) is 10.9. The number of halogens is 1. The first-order valence-electron chi connectivity index (χ1n) is 10.7. The SMILES string of the molecule is CCOc1ccc(NC(=O)/C(C#N)=C\c2cc(OC)c(OCc3cccc(C)c3)cc2Br)cc1. The highest BCUT2D eigenvalue weighted by Gasteiger charge is 2.14. The molecule has 0 saturated heterocycles. The largest absolute Gasteiger partial charge is 0.494 e. The van der Waals surface area contributed by atoms with Crippen LogP contribution in [0.25, 0.3) is 6.08 Å². The van der Waals surface area contributed by atoms with Gasteiger partial charge in [-0.05, 0) is 67.4 Å². The smallest absolute Gasteiger partial charge is 0.266 e. The van der Waals surface area contributed by atoms with Crippen molar-refractivity contribution >= 4 is 33.6 Å². The summed E-state index contributed by atoms with van der Waals surface area (Å²) in [7, 11) is 1.54. The van der Waals surface area contributed by atoms with Gasteiger partial charge in [0.05, 0.1) is 13.7 Å². The molecule has 3 aromatic carbocycles. The third kappa shape index (κ3) is 6.63. The van der Waals surface area contributed by atoms with E-state index in [9.17, 15) is 10.1 Å². The van der Waals surface area contributed by atoms with E-state index in [0.29, 0.717) is 46.2 Å². The number of hydrogen-bond donors (Lipinski definition) is 1. The van der Waals surface area contributed by atoms with Crippen LogP contribution in [0, 0.1) is 18.3 Å². The van der Waals surface area contributed by atoms with Gasteiger partial charge in [-0.1, -0.05) is 45.8 Å². The van der Waals surface area contributed by atoms with E-state index < -0.39 is 5.91 Å². The highest BCUT2D eigenvalue weighted by atomic mass is 79.9. The Labute approximate surface area is 207 Å². The molecule has 0 fully saturated rings. The second-order valence-electron chi connectivity index (χ2n) is 7.38. The molecular formula is C27H25BrN2O4. The number of aryl methyl sites for hydroxylation is 1. The molecule has 3 rings (SSSR count). The van der Waals surface area contributed by atoms with E-state index in [-0.39, 0.29) is 5.57 Å². The minimum atomic E-state index is -0.516. The number of methoxy groups -OCH3 is 1. The predicted octanol–water partition coefficient (Wildman–Crippen LogP) is 6.29. The molecule has 0 heterocycles. The number of benzene rings is 3. The molecule has 0 aliphatic rings. The summed E-state index contributed by atoms with van der Waals surface area (Å²) >= 11 is 3.51. The van der Waals surface area contributed by atoms with Crippen molar-refractivity contribution < 1.29 is 19.0 Å². The second kappa shape index (κ2) is 11.9. The Morgan fingerprint density at radius 1 is 1.09 bits per heavy atom. The van der Waals surface area contributed by atoms with Gasteiger partial charge in [-0.25, -0.2) is 0 Å². The number of nitriles is 1. The Hall–Kier alpha value is -3.76. The first kappa shape index (κ1) is 24.9. The van der Waals surface area contributed by atoms with Gasteiger partial charge >= 0.3 is 0 Å². The van der Waals surface area contributed by atoms with Crippen LogP contribution in [0.15, 0.2) is 70.7 Å². The Morgan fingerprint density at radius 3 is 2.50 bits per heavy atom. The summed E-state index contributed by atoms with van der Waals surface area (Å²) in [5.74, 6) is 1.23. The van der Waals surface area contributed by atoms with Crippen molar-refractivity contribution in [2.45, 2.75) is 20.5 Å². The zero-order valence-corrected chi connectivity index (χ0v) is 20.8. The van der Waals surface area contributed by atoms with Gasteiger partial charge < -0.3 is 19.5 Å². The Kier molecular flexibility index (Phi) is 8.72. The minimum absolute atomic E-state index is 0.0509. The molecule has 0 spiro atoms. The van der Waals surface area contributed by atoms with E-state index in [4.69, 9.17) is 14.2 Å². The lowest BCUT2D eigenvalue weighted by atomic mass is 10.1. The molecule has 0 bridgehead atoms. The van der Waals surface area contributed by atoms with E-state index in [1.54, 1.807) is 43.5 Å². The van der Waals surface area contributed by atoms with E-state index >= 15 is 0 Å². The molecule has 0 unspecified atom stereocenters. The topological polar surface area (TPSA) is 80.6 Å². The minimum Gasteiger partial charge on any atom is -0.494 e. The molecule has 34 heavy (non-hydrogen) atoms. The standard InChI is InChI=1S/C27H25BrN2O4/c1-4-33-23-10-8-22(9-11-23)30-27(31)21(16-29)13-20-14-25(32-3)26(15-24(20)28)34-17-19-7-5-6-18(2)12-19/h5-15H,4,17H2,1-3H3,(H,30,31)/b21-13-. The molecule has 0 saturated carbocycles. The van der Waals surface area contributed by atoms with Crippen molar-refractivity contribution in [3.63, 3.8) is 0 Å². The van der Waals surface area contributed by atoms with Gasteiger partial charge in [0, 0.05) is 10.2 Å². The van der Waals surface area contributed by atoms with Crippen molar-refractivity contribution in [3.05, 3.63) is 87.4 Å². The van der Waals surface area contributed by atoms with E-state index in [2.05, 4.69) is 27.3 Å². The summed E-state index contributed by atoms with van der Waals surface area (Å²) in [6.45, 7) is 4.87. The van der Waals surface area contributed by atoms with Crippen molar-refractivity contribution in [1.82, 2.24) is 0 Å². The maximum absolute atomic E-state index is 12.7. The Morgan fingerprint density at radius 2 is 1.85 bits per heavy atom. The van der Waals surface area contributed by atoms with E-state index in [1.165, 1.54) is 6.08 Å². The number of carbonyl (C=O) groups excluding carboxylic acids is 1. The number of ether oxygens (including phenoxy) is 3. The molecule has 1 amide bonds. The fraction of sp³-hybridized carbons (Fsp3) is 0.185. The number of anilines is 1. The van der Waals surface area contributed by atoms with Crippen LogP contribution in [0.1, 0.15) is 23.6 Å². The number of nitrogens with zero attached hydrogens (tertiary/aromatic N) is 1. The van der Waals surface area contributed by atoms with Gasteiger partial charge in [0.25, 0.3) is 5.91 Å². The molecule has 0 atom stereocenters. The predicted molar refractivity (Wildman–Crippen MR) is 136 cm³/mol. The maximum atomic E-state index is 12.7. The van der Waals surface area contributed by atoms with Crippen LogP contribution in [0.3, 0.4) is 0 Å². The molecule has 3 aromatic rings. The molecule has 0 aromatic heterocycles. The first-order chi connectivity index (χ1) is 16.4. The molecule has 174 valence electrons. The van der Waals surface area contributed by atoms with Crippen molar-refractivity contribution in [1.29, 1.82) is 5.26 Å². The van der Waals surface area contributed by atoms with Gasteiger partial charge in [-0.2, -0.15) is 5.26 Å². The number of rotatable bonds is 9. The van der Waals surface area contributed by atoms with Crippen LogP contribution in [0.5, 0.6) is 17.2 Å². The molecule has 0 radical (unpaired) electrons. The summed E-state index contributed by atoms with van der Waals surface area (Å²) in [5, 5.41) is 12.3. The Bertz CT molecular complexity index is 1230. The fourth-order valence-electron chi connectivity index (χ4n) is 3.20. The quantitative estimate of drug-likeness (QED) is 0.265. The molecule has 6 nitrogen and oxygen atoms in total. The van der Waals surface area contributed by atoms with E-state index in [0.717, 1.165) is 11.1 Å². The summed E-state index contributed by atoms with van der Waals surface area (Å²) in [6, 6.07) is 20.5. The lowest BCUT2D eigenvalue weighted by Crippen LogP contribution is -2.13. The number of amides is 1. The zero-order chi connectivity index (χ0) is 24.5. The molecule has 0 aliphatic carbocycles. The van der Waals surface area contributed by atoms with Crippen LogP contribution in [0.2, 0.25) is 0 Å². The third-order valence-electron chi connectivity index (χ3n) is 4.85. The third-order valence-corrected chi connectivity index (χ3v) is 5.53. The van der Waals surface area contributed by atoms with Gasteiger partial charge in [0.1, 0.15) is 24.0 Å². The second-order valence-corrected chi connectivity index (χ2v) is 8.24. The van der Waals surface area contributed by atoms with Crippen LogP contribution in [-0.2, 0) is 11.4 Å². The van der Waals surface area contributed by atoms with Crippen LogP contribution in [-0.4, -0.2) is 19.6 Å². The van der Waals surface area contributed by atoms with Crippen LogP contribution >= 0.6 is 15.9 Å². The molecule has 7 heteroatoms. The summed E-state index contributed by atoms with van der Waals surface area (Å²) in [5.41, 5.74) is 3.32. The van der Waals surface area contributed by atoms with Gasteiger partial charge in [0.2, 0.25) is 0 Å². The number of nitrogens with one attached hydrogen (secondary N) is 1. The maximum Gasteiger partial charge on any atom is 0.266 e. The monoisotopic (exact) mass is 520 g/mol. The Balaban J connectivity index is 1.78. The van der Waals surface area contributed by atoms with Crippen molar-refractivity contribution in [2.24, 2.45) is 0 Å². The zero-order valence-electron chi connectivity index (χ0n) is 19.2. The molecule has 1 N–H and O–H groups in total. The van der Waals surface area contributed by atoms with E-state index in [1.807, 2.05) is 38.1 Å². The first-order valence-corrected chi connectivity index (χ1v) is 11.4. The van der Waals surface area contributed by atoms with Gasteiger partial charge in [0.15, 0.2) is 11.5 Å². The summed E-state index contributed by atoms with van der Waals surface area (Å²) in [6.07, 6.45) is 1.50. The molecular weight excluding hydrogens is 496 g/mol. The molecule has 0 aliphatic heterocycles. The fourth-order valence-corrected chi connectivity index (χ4v) is 3.64. The lowest BCUT2D eigenvalue weighted by Gasteiger charge is -2.13. The van der Waals surface area contributed by atoms with Crippen LogP contribution < -0.4 is 19.5 Å². The lowest BCUT2D eigenvalue weighted by molar-refractivity contribution is -0.112. The van der Waals surface area contributed by atoms with Gasteiger partial charge in [-0.15, -0.1) is 0 Å². The van der Waals surface area contributed by atoms with Crippen molar-refractivity contribution in [2.75, 3.05) is 19.0 Å². The highest BCUT2D eigenvalue weighted by Crippen LogP contribution is 2.35. The van der Waals surface area contributed by atoms with Crippen LogP contribution in [0.4, 0.5) is 5.69 Å². The highest BCUT2D eigenvalue weighted by molar-refractivity contribution is 9.10. The summed E-state index contributed by atoms with van der Waals surface area (Å²) in [4.78, 5) is 12.7. The van der Waals surface area contributed by atoms with Gasteiger partial charge in [-0.3, -0.25) is 4.79 Å². The summed E-state index contributed by atoms with van der Waals surface area (Å²) < 4.78 is 17.5. The van der Waals surface area contributed by atoms with Crippen molar-refractivity contribution in [3.8, 4) is 23.3 Å². The average molecular weight is 521 g/mol. The average Bonchev–Trinajstić information content (AvgIpc) is 2.83. The number of hydrogen-bond acceptors (Lipinski definition) is 5. The number of carbonyl (C=O) groups is 1.